The molecule has 1 heterocycles. The van der Waals surface area contributed by atoms with Gasteiger partial charge in [-0.05, 0) is 51.7 Å². The maximum atomic E-state index is 5.86. The zero-order valence-electron chi connectivity index (χ0n) is 11.4. The number of aromatic nitrogens is 1. The summed E-state index contributed by atoms with van der Waals surface area (Å²) in [6.45, 7) is 5.11. The third-order valence-corrected chi connectivity index (χ3v) is 3.44. The minimum absolute atomic E-state index is 0.355. The van der Waals surface area contributed by atoms with Gasteiger partial charge in [-0.15, -0.1) is 0 Å². The van der Waals surface area contributed by atoms with E-state index in [0.29, 0.717) is 18.2 Å². The molecule has 1 saturated carbocycles. The third-order valence-electron chi connectivity index (χ3n) is 3.44. The Hall–Kier alpha value is -0.930. The summed E-state index contributed by atoms with van der Waals surface area (Å²) < 4.78 is 5.86. The van der Waals surface area contributed by atoms with Crippen molar-refractivity contribution in [1.82, 2.24) is 10.3 Å². The summed E-state index contributed by atoms with van der Waals surface area (Å²) in [6.07, 6.45) is 7.46. The molecule has 1 fully saturated rings. The Bertz CT molecular complexity index is 332. The van der Waals surface area contributed by atoms with Crippen LogP contribution < -0.4 is 5.32 Å². The second-order valence-electron chi connectivity index (χ2n) is 5.36. The van der Waals surface area contributed by atoms with Crippen molar-refractivity contribution in [3.63, 3.8) is 0 Å². The van der Waals surface area contributed by atoms with Crippen LogP contribution in [0.3, 0.4) is 0 Å². The first-order valence-corrected chi connectivity index (χ1v) is 7.03. The normalized spacial score (nSPS) is 24.4. The van der Waals surface area contributed by atoms with Crippen LogP contribution in [-0.2, 0) is 11.3 Å². The van der Waals surface area contributed by atoms with Gasteiger partial charge in [-0.3, -0.25) is 4.98 Å². The molecule has 0 atom stereocenters. The highest BCUT2D eigenvalue weighted by molar-refractivity contribution is 5.03. The summed E-state index contributed by atoms with van der Waals surface area (Å²) >= 11 is 0. The molecule has 0 spiro atoms. The molecule has 2 rings (SSSR count). The highest BCUT2D eigenvalue weighted by atomic mass is 16.5. The monoisotopic (exact) mass is 248 g/mol. The van der Waals surface area contributed by atoms with Crippen molar-refractivity contribution in [3.05, 3.63) is 30.1 Å². The predicted molar refractivity (Wildman–Crippen MR) is 73.3 cm³/mol. The van der Waals surface area contributed by atoms with E-state index >= 15 is 0 Å². The smallest absolute Gasteiger partial charge is 0.0579 e. The Balaban J connectivity index is 1.68. The van der Waals surface area contributed by atoms with E-state index in [-0.39, 0.29) is 0 Å². The van der Waals surface area contributed by atoms with E-state index in [2.05, 4.69) is 30.2 Å². The van der Waals surface area contributed by atoms with Gasteiger partial charge in [-0.25, -0.2) is 0 Å². The minimum Gasteiger partial charge on any atom is -0.376 e. The second-order valence-corrected chi connectivity index (χ2v) is 5.36. The first-order valence-electron chi connectivity index (χ1n) is 7.03. The zero-order valence-corrected chi connectivity index (χ0v) is 11.4. The third kappa shape index (κ3) is 4.39. The van der Waals surface area contributed by atoms with Gasteiger partial charge < -0.3 is 10.1 Å². The molecule has 1 aromatic heterocycles. The van der Waals surface area contributed by atoms with Crippen molar-refractivity contribution < 1.29 is 4.74 Å². The standard InChI is InChI=1S/C15H24N2O/c1-12(2)18-15-8-6-13(7-9-15)17-11-14-5-3-4-10-16-14/h3-5,10,12-13,15,17H,6-9,11H2,1-2H3. The molecule has 3 heteroatoms. The van der Waals surface area contributed by atoms with Crippen LogP contribution in [0.25, 0.3) is 0 Å². The Morgan fingerprint density at radius 3 is 2.67 bits per heavy atom. The van der Waals surface area contributed by atoms with Gasteiger partial charge in [-0.2, -0.15) is 0 Å². The number of rotatable bonds is 5. The van der Waals surface area contributed by atoms with E-state index < -0.39 is 0 Å². The fraction of sp³-hybridized carbons (Fsp3) is 0.667. The van der Waals surface area contributed by atoms with Crippen molar-refractivity contribution in [1.29, 1.82) is 0 Å². The first kappa shape index (κ1) is 13.5. The Morgan fingerprint density at radius 2 is 2.06 bits per heavy atom. The summed E-state index contributed by atoms with van der Waals surface area (Å²) in [5.41, 5.74) is 1.12. The lowest BCUT2D eigenvalue weighted by molar-refractivity contribution is -0.0162. The Morgan fingerprint density at radius 1 is 1.28 bits per heavy atom. The van der Waals surface area contributed by atoms with Gasteiger partial charge in [0.15, 0.2) is 0 Å². The summed E-state index contributed by atoms with van der Waals surface area (Å²) in [5, 5.41) is 3.59. The van der Waals surface area contributed by atoms with Crippen molar-refractivity contribution in [2.24, 2.45) is 0 Å². The fourth-order valence-electron chi connectivity index (χ4n) is 2.54. The highest BCUT2D eigenvalue weighted by Crippen LogP contribution is 2.22. The maximum Gasteiger partial charge on any atom is 0.0579 e. The number of nitrogens with one attached hydrogen (secondary N) is 1. The molecule has 0 aliphatic heterocycles. The lowest BCUT2D eigenvalue weighted by atomic mass is 9.93. The molecule has 0 unspecified atom stereocenters. The molecule has 1 N–H and O–H groups in total. The molecule has 1 aliphatic carbocycles. The lowest BCUT2D eigenvalue weighted by Crippen LogP contribution is -2.35. The molecule has 0 bridgehead atoms. The number of hydrogen-bond donors (Lipinski definition) is 1. The van der Waals surface area contributed by atoms with Crippen LogP contribution in [0.15, 0.2) is 24.4 Å². The van der Waals surface area contributed by atoms with Crippen LogP contribution in [-0.4, -0.2) is 23.2 Å². The average Bonchev–Trinajstić information content (AvgIpc) is 2.38. The van der Waals surface area contributed by atoms with Gasteiger partial charge in [0.05, 0.1) is 17.9 Å². The van der Waals surface area contributed by atoms with E-state index in [9.17, 15) is 0 Å². The van der Waals surface area contributed by atoms with E-state index in [0.717, 1.165) is 12.2 Å². The van der Waals surface area contributed by atoms with Crippen LogP contribution in [0.1, 0.15) is 45.2 Å². The van der Waals surface area contributed by atoms with Gasteiger partial charge >= 0.3 is 0 Å². The van der Waals surface area contributed by atoms with Crippen LogP contribution in [0.5, 0.6) is 0 Å². The molecule has 1 aromatic rings. The van der Waals surface area contributed by atoms with Crippen LogP contribution in [0, 0.1) is 0 Å². The second kappa shape index (κ2) is 6.86. The molecule has 3 nitrogen and oxygen atoms in total. The summed E-state index contributed by atoms with van der Waals surface area (Å²) in [5.74, 6) is 0. The average molecular weight is 248 g/mol. The number of ether oxygens (including phenoxy) is 1. The van der Waals surface area contributed by atoms with E-state index in [1.807, 2.05) is 18.3 Å². The number of hydrogen-bond acceptors (Lipinski definition) is 3. The van der Waals surface area contributed by atoms with Crippen molar-refractivity contribution >= 4 is 0 Å². The fourth-order valence-corrected chi connectivity index (χ4v) is 2.54. The minimum atomic E-state index is 0.355. The Kier molecular flexibility index (Phi) is 5.14. The molecule has 0 amide bonds. The topological polar surface area (TPSA) is 34.1 Å². The summed E-state index contributed by atoms with van der Waals surface area (Å²) in [7, 11) is 0. The predicted octanol–water partition coefficient (Wildman–Crippen LogP) is 2.91. The van der Waals surface area contributed by atoms with Gasteiger partial charge in [0, 0.05) is 18.8 Å². The van der Waals surface area contributed by atoms with Crippen LogP contribution in [0.4, 0.5) is 0 Å². The lowest BCUT2D eigenvalue weighted by Gasteiger charge is -2.30. The molecule has 0 radical (unpaired) electrons. The summed E-state index contributed by atoms with van der Waals surface area (Å²) in [6, 6.07) is 6.69. The quantitative estimate of drug-likeness (QED) is 0.870. The SMILES string of the molecule is CC(C)OC1CCC(NCc2ccccn2)CC1. The molecule has 100 valence electrons. The number of pyridine rings is 1. The number of nitrogens with zero attached hydrogens (tertiary/aromatic N) is 1. The van der Waals surface area contributed by atoms with Gasteiger partial charge in [0.25, 0.3) is 0 Å². The van der Waals surface area contributed by atoms with Crippen LogP contribution >= 0.6 is 0 Å². The molecular formula is C15H24N2O. The molecule has 18 heavy (non-hydrogen) atoms. The van der Waals surface area contributed by atoms with Gasteiger partial charge in [-0.1, -0.05) is 6.07 Å². The van der Waals surface area contributed by atoms with E-state index in [4.69, 9.17) is 4.74 Å². The van der Waals surface area contributed by atoms with Crippen molar-refractivity contribution in [2.45, 2.75) is 64.3 Å². The van der Waals surface area contributed by atoms with E-state index in [1.54, 1.807) is 0 Å². The van der Waals surface area contributed by atoms with Gasteiger partial charge in [0.2, 0.25) is 0 Å². The largest absolute Gasteiger partial charge is 0.376 e. The van der Waals surface area contributed by atoms with Crippen molar-refractivity contribution in [3.8, 4) is 0 Å². The van der Waals surface area contributed by atoms with E-state index in [1.165, 1.54) is 25.7 Å². The molecule has 0 saturated heterocycles. The molecular weight excluding hydrogens is 224 g/mol. The Labute approximate surface area is 110 Å². The highest BCUT2D eigenvalue weighted by Gasteiger charge is 2.21. The van der Waals surface area contributed by atoms with Crippen molar-refractivity contribution in [2.75, 3.05) is 0 Å². The zero-order chi connectivity index (χ0) is 12.8. The molecule has 0 aromatic carbocycles. The van der Waals surface area contributed by atoms with Crippen LogP contribution in [0.2, 0.25) is 0 Å². The summed E-state index contributed by atoms with van der Waals surface area (Å²) in [4.78, 5) is 4.33. The maximum absolute atomic E-state index is 5.86. The first-order chi connectivity index (χ1) is 8.74. The van der Waals surface area contributed by atoms with Gasteiger partial charge in [0.1, 0.15) is 0 Å². The molecule has 1 aliphatic rings.